The molecule has 0 unspecified atom stereocenters. The summed E-state index contributed by atoms with van der Waals surface area (Å²) in [6.07, 6.45) is 1.58. The molecule has 0 aliphatic carbocycles. The predicted octanol–water partition coefficient (Wildman–Crippen LogP) is 2.61. The fraction of sp³-hybridized carbons (Fsp3) is 0.0909. The Hall–Kier alpha value is -1.92. The summed E-state index contributed by atoms with van der Waals surface area (Å²) in [7, 11) is 0. The number of nitrogens with one attached hydrogen (secondary N) is 2. The molecule has 0 saturated heterocycles. The fourth-order valence-electron chi connectivity index (χ4n) is 1.36. The first-order valence-corrected chi connectivity index (χ1v) is 5.50. The maximum absolute atomic E-state index is 13.6. The molecule has 1 aromatic heterocycles. The van der Waals surface area contributed by atoms with Crippen molar-refractivity contribution in [3.05, 3.63) is 40.8 Å². The van der Waals surface area contributed by atoms with Gasteiger partial charge in [-0.15, -0.1) is 0 Å². The summed E-state index contributed by atoms with van der Waals surface area (Å²) >= 11 is 5.68. The van der Waals surface area contributed by atoms with Crippen molar-refractivity contribution in [2.75, 3.05) is 10.7 Å². The lowest BCUT2D eigenvalue weighted by molar-refractivity contribution is 0.632. The number of anilines is 3. The Morgan fingerprint density at radius 2 is 2.17 bits per heavy atom. The van der Waals surface area contributed by atoms with Gasteiger partial charge in [0, 0.05) is 16.8 Å². The summed E-state index contributed by atoms with van der Waals surface area (Å²) in [5.74, 6) is 5.48. The second-order valence-corrected chi connectivity index (χ2v) is 4.06. The van der Waals surface area contributed by atoms with Crippen molar-refractivity contribution in [1.29, 1.82) is 0 Å². The lowest BCUT2D eigenvalue weighted by atomic mass is 10.3. The zero-order valence-corrected chi connectivity index (χ0v) is 10.3. The maximum atomic E-state index is 13.6. The number of aromatic nitrogens is 2. The number of nitrogen functional groups attached to an aromatic ring is 1. The largest absolute Gasteiger partial charge is 0.337 e. The van der Waals surface area contributed by atoms with Gasteiger partial charge >= 0.3 is 0 Å². The smallest absolute Gasteiger partial charge is 0.239 e. The van der Waals surface area contributed by atoms with E-state index in [2.05, 4.69) is 20.7 Å². The highest BCUT2D eigenvalue weighted by molar-refractivity contribution is 6.30. The highest BCUT2D eigenvalue weighted by Gasteiger charge is 2.07. The molecular weight excluding hydrogens is 257 g/mol. The topological polar surface area (TPSA) is 75.9 Å². The molecule has 0 aliphatic heterocycles. The quantitative estimate of drug-likeness (QED) is 0.589. The van der Waals surface area contributed by atoms with Gasteiger partial charge in [-0.3, -0.25) is 5.43 Å². The molecule has 0 atom stereocenters. The average Bonchev–Trinajstić information content (AvgIpc) is 2.35. The Bertz CT molecular complexity index is 575. The molecule has 0 amide bonds. The first-order valence-electron chi connectivity index (χ1n) is 5.12. The van der Waals surface area contributed by atoms with Crippen LogP contribution in [0.2, 0.25) is 5.02 Å². The van der Waals surface area contributed by atoms with Crippen molar-refractivity contribution in [3.63, 3.8) is 0 Å². The van der Waals surface area contributed by atoms with Crippen molar-refractivity contribution in [1.82, 2.24) is 9.97 Å². The minimum absolute atomic E-state index is 0.248. The number of hydrazine groups is 1. The van der Waals surface area contributed by atoms with E-state index >= 15 is 0 Å². The number of nitrogens with zero attached hydrogens (tertiary/aromatic N) is 2. The lowest BCUT2D eigenvalue weighted by Gasteiger charge is -2.10. The molecule has 1 heterocycles. The molecule has 0 bridgehead atoms. The van der Waals surface area contributed by atoms with Gasteiger partial charge in [-0.05, 0) is 25.1 Å². The van der Waals surface area contributed by atoms with E-state index in [0.29, 0.717) is 10.8 Å². The van der Waals surface area contributed by atoms with Gasteiger partial charge in [0.15, 0.2) is 0 Å². The monoisotopic (exact) mass is 267 g/mol. The van der Waals surface area contributed by atoms with E-state index < -0.39 is 5.82 Å². The van der Waals surface area contributed by atoms with Crippen LogP contribution in [-0.2, 0) is 0 Å². The van der Waals surface area contributed by atoms with Gasteiger partial charge in [-0.25, -0.2) is 15.2 Å². The summed E-state index contributed by atoms with van der Waals surface area (Å²) < 4.78 is 13.6. The van der Waals surface area contributed by atoms with Crippen LogP contribution in [0.4, 0.5) is 21.8 Å². The van der Waals surface area contributed by atoms with E-state index in [1.807, 2.05) is 0 Å². The van der Waals surface area contributed by atoms with Crippen LogP contribution in [0.15, 0.2) is 24.4 Å². The van der Waals surface area contributed by atoms with Gasteiger partial charge in [0.1, 0.15) is 11.6 Å². The molecule has 0 saturated carbocycles. The molecule has 0 aliphatic rings. The normalized spacial score (nSPS) is 10.2. The number of hydrogen-bond acceptors (Lipinski definition) is 5. The van der Waals surface area contributed by atoms with Gasteiger partial charge < -0.3 is 5.32 Å². The number of halogens is 2. The zero-order valence-electron chi connectivity index (χ0n) is 9.54. The van der Waals surface area contributed by atoms with Crippen LogP contribution in [0.3, 0.4) is 0 Å². The van der Waals surface area contributed by atoms with Crippen LogP contribution in [0.25, 0.3) is 0 Å². The number of aryl methyl sites for hydroxylation is 1. The average molecular weight is 268 g/mol. The Labute approximate surface area is 108 Å². The molecule has 18 heavy (non-hydrogen) atoms. The molecule has 5 nitrogen and oxygen atoms in total. The van der Waals surface area contributed by atoms with E-state index in [0.717, 1.165) is 5.56 Å². The zero-order chi connectivity index (χ0) is 13.1. The molecule has 94 valence electrons. The third kappa shape index (κ3) is 2.66. The van der Waals surface area contributed by atoms with Crippen LogP contribution >= 0.6 is 11.6 Å². The van der Waals surface area contributed by atoms with E-state index in [4.69, 9.17) is 17.4 Å². The van der Waals surface area contributed by atoms with Crippen molar-refractivity contribution in [2.45, 2.75) is 6.92 Å². The van der Waals surface area contributed by atoms with Crippen LogP contribution in [-0.4, -0.2) is 9.97 Å². The van der Waals surface area contributed by atoms with Crippen molar-refractivity contribution >= 4 is 29.1 Å². The summed E-state index contributed by atoms with van der Waals surface area (Å²) in [4.78, 5) is 8.03. The summed E-state index contributed by atoms with van der Waals surface area (Å²) in [5, 5.41) is 3.20. The summed E-state index contributed by atoms with van der Waals surface area (Å²) in [5.41, 5.74) is 3.38. The maximum Gasteiger partial charge on any atom is 0.239 e. The van der Waals surface area contributed by atoms with Crippen LogP contribution in [0.5, 0.6) is 0 Å². The molecule has 0 radical (unpaired) electrons. The molecule has 1 aromatic carbocycles. The Balaban J connectivity index is 2.33. The van der Waals surface area contributed by atoms with E-state index in [9.17, 15) is 4.39 Å². The third-order valence-corrected chi connectivity index (χ3v) is 2.52. The Morgan fingerprint density at radius 1 is 1.39 bits per heavy atom. The molecule has 0 spiro atoms. The second-order valence-electron chi connectivity index (χ2n) is 3.62. The van der Waals surface area contributed by atoms with Crippen molar-refractivity contribution in [3.8, 4) is 0 Å². The number of hydrogen-bond donors (Lipinski definition) is 3. The Kier molecular flexibility index (Phi) is 3.59. The van der Waals surface area contributed by atoms with Gasteiger partial charge in [-0.1, -0.05) is 11.6 Å². The third-order valence-electron chi connectivity index (χ3n) is 2.29. The number of nitrogens with two attached hydrogens (primary N) is 1. The SMILES string of the molecule is Cc1cnc(NN)nc1Nc1ccc(Cl)cc1F. The summed E-state index contributed by atoms with van der Waals surface area (Å²) in [6.45, 7) is 1.80. The predicted molar refractivity (Wildman–Crippen MR) is 69.3 cm³/mol. The standard InChI is InChI=1S/C11H11ClFN5/c1-6-5-15-11(18-14)17-10(6)16-9-3-2-7(12)4-8(9)13/h2-5H,14H2,1H3,(H2,15,16,17,18). The first kappa shape index (κ1) is 12.5. The van der Waals surface area contributed by atoms with E-state index in [1.54, 1.807) is 19.2 Å². The highest BCUT2D eigenvalue weighted by Crippen LogP contribution is 2.23. The van der Waals surface area contributed by atoms with Crippen molar-refractivity contribution in [2.24, 2.45) is 5.84 Å². The molecule has 2 aromatic rings. The minimum atomic E-state index is -0.456. The van der Waals surface area contributed by atoms with E-state index in [1.165, 1.54) is 12.1 Å². The van der Waals surface area contributed by atoms with Gasteiger partial charge in [0.05, 0.1) is 5.69 Å². The second kappa shape index (κ2) is 5.16. The molecular formula is C11H11ClFN5. The van der Waals surface area contributed by atoms with Gasteiger partial charge in [-0.2, -0.15) is 4.98 Å². The fourth-order valence-corrected chi connectivity index (χ4v) is 1.52. The van der Waals surface area contributed by atoms with Crippen molar-refractivity contribution < 1.29 is 4.39 Å². The molecule has 4 N–H and O–H groups in total. The van der Waals surface area contributed by atoms with Crippen LogP contribution in [0.1, 0.15) is 5.56 Å². The molecule has 7 heteroatoms. The summed E-state index contributed by atoms with van der Waals surface area (Å²) in [6, 6.07) is 4.35. The number of rotatable bonds is 3. The number of benzene rings is 1. The lowest BCUT2D eigenvalue weighted by Crippen LogP contribution is -2.11. The molecule has 0 fully saturated rings. The van der Waals surface area contributed by atoms with Gasteiger partial charge in [0.25, 0.3) is 0 Å². The first-order chi connectivity index (χ1) is 8.60. The minimum Gasteiger partial charge on any atom is -0.337 e. The van der Waals surface area contributed by atoms with E-state index in [-0.39, 0.29) is 11.6 Å². The van der Waals surface area contributed by atoms with Crippen LogP contribution < -0.4 is 16.6 Å². The highest BCUT2D eigenvalue weighted by atomic mass is 35.5. The Morgan fingerprint density at radius 3 is 2.83 bits per heavy atom. The van der Waals surface area contributed by atoms with Gasteiger partial charge in [0.2, 0.25) is 5.95 Å². The van der Waals surface area contributed by atoms with Crippen LogP contribution in [0, 0.1) is 12.7 Å². The molecule has 2 rings (SSSR count).